The summed E-state index contributed by atoms with van der Waals surface area (Å²) in [7, 11) is 0. The zero-order valence-electron chi connectivity index (χ0n) is 15.3. The van der Waals surface area contributed by atoms with Crippen molar-refractivity contribution < 1.29 is 34.1 Å². The Bertz CT molecular complexity index is 527. The summed E-state index contributed by atoms with van der Waals surface area (Å²) in [4.78, 5) is 45.2. The number of unbranched alkanes of at least 4 members (excludes halogenated alkanes) is 1. The minimum absolute atomic E-state index is 0.287. The number of hydrogen-bond acceptors (Lipinski definition) is 8. The molecule has 0 fully saturated rings. The van der Waals surface area contributed by atoms with Gasteiger partial charge in [-0.3, -0.25) is 19.2 Å². The highest BCUT2D eigenvalue weighted by Gasteiger charge is 2.24. The zero-order chi connectivity index (χ0) is 21.0. The second kappa shape index (κ2) is 12.2. The number of carboxylic acids is 1. The molecule has 10 N–H and O–H groups in total. The van der Waals surface area contributed by atoms with Crippen LogP contribution in [0.2, 0.25) is 0 Å². The lowest BCUT2D eigenvalue weighted by atomic mass is 9.95. The van der Waals surface area contributed by atoms with Gasteiger partial charge in [-0.2, -0.15) is 0 Å². The Labute approximate surface area is 156 Å². The number of hydrogen-bond donors (Lipinski definition) is 7. The number of primary amides is 1. The molecule has 0 radical (unpaired) electrons. The van der Waals surface area contributed by atoms with Gasteiger partial charge in [0.05, 0.1) is 18.4 Å². The molecule has 0 aliphatic rings. The van der Waals surface area contributed by atoms with Crippen molar-refractivity contribution in [3.05, 3.63) is 0 Å². The van der Waals surface area contributed by atoms with Gasteiger partial charge in [-0.05, 0) is 26.2 Å². The molecule has 12 heteroatoms. The van der Waals surface area contributed by atoms with E-state index in [-0.39, 0.29) is 6.42 Å². The van der Waals surface area contributed by atoms with E-state index >= 15 is 0 Å². The molecule has 0 aromatic rings. The van der Waals surface area contributed by atoms with Crippen LogP contribution in [-0.2, 0) is 23.9 Å². The lowest BCUT2D eigenvalue weighted by Gasteiger charge is -2.20. The Morgan fingerprint density at radius 3 is 2.30 bits per heavy atom. The number of carboxylic acid groups (broad SMARTS) is 1. The number of nitrogens with two attached hydrogens (primary N) is 3. The van der Waals surface area contributed by atoms with Crippen molar-refractivity contribution in [2.45, 2.75) is 56.8 Å². The van der Waals surface area contributed by atoms with E-state index in [2.05, 4.69) is 10.6 Å². The van der Waals surface area contributed by atoms with Crippen molar-refractivity contribution in [3.63, 3.8) is 0 Å². The van der Waals surface area contributed by atoms with Crippen molar-refractivity contribution in [3.8, 4) is 0 Å². The maximum atomic E-state index is 11.9. The topological polar surface area (TPSA) is 220 Å². The lowest BCUT2D eigenvalue weighted by molar-refractivity contribution is -0.142. The van der Waals surface area contributed by atoms with Crippen LogP contribution in [0.4, 0.5) is 0 Å². The van der Waals surface area contributed by atoms with Crippen molar-refractivity contribution in [1.29, 1.82) is 0 Å². The van der Waals surface area contributed by atoms with Crippen LogP contribution < -0.4 is 27.8 Å². The van der Waals surface area contributed by atoms with Crippen molar-refractivity contribution in [1.82, 2.24) is 10.6 Å². The summed E-state index contributed by atoms with van der Waals surface area (Å²) >= 11 is 0. The molecule has 0 heterocycles. The van der Waals surface area contributed by atoms with Gasteiger partial charge in [0.25, 0.3) is 0 Å². The van der Waals surface area contributed by atoms with E-state index in [4.69, 9.17) is 32.2 Å². The predicted octanol–water partition coefficient (Wildman–Crippen LogP) is -2.92. The van der Waals surface area contributed by atoms with Gasteiger partial charge in [-0.15, -0.1) is 0 Å². The van der Waals surface area contributed by atoms with E-state index in [1.807, 2.05) is 0 Å². The smallest absolute Gasteiger partial charge is 0.321 e. The monoisotopic (exact) mass is 391 g/mol. The first-order valence-corrected chi connectivity index (χ1v) is 8.35. The van der Waals surface area contributed by atoms with Gasteiger partial charge in [0.1, 0.15) is 19.1 Å². The largest absolute Gasteiger partial charge is 0.480 e. The maximum absolute atomic E-state index is 11.9. The second-order valence-corrected chi connectivity index (χ2v) is 6.29. The van der Waals surface area contributed by atoms with E-state index in [0.29, 0.717) is 25.8 Å². The van der Waals surface area contributed by atoms with Gasteiger partial charge in [0.15, 0.2) is 0 Å². The molecule has 12 nitrogen and oxygen atoms in total. The first-order chi connectivity index (χ1) is 12.5. The van der Waals surface area contributed by atoms with Crippen LogP contribution in [0.15, 0.2) is 0 Å². The molecular weight excluding hydrogens is 362 g/mol. The van der Waals surface area contributed by atoms with E-state index in [9.17, 15) is 19.2 Å². The van der Waals surface area contributed by atoms with Crippen LogP contribution in [0.1, 0.15) is 39.0 Å². The molecule has 0 rings (SSSR count). The van der Waals surface area contributed by atoms with Crippen LogP contribution in [0.5, 0.6) is 0 Å². The maximum Gasteiger partial charge on any atom is 0.321 e. The molecule has 0 aromatic carbocycles. The summed E-state index contributed by atoms with van der Waals surface area (Å²) in [6, 6.07) is -1.39. The van der Waals surface area contributed by atoms with Gasteiger partial charge in [0.2, 0.25) is 17.7 Å². The van der Waals surface area contributed by atoms with E-state index < -0.39 is 54.7 Å². The Morgan fingerprint density at radius 2 is 1.78 bits per heavy atom. The van der Waals surface area contributed by atoms with Gasteiger partial charge in [-0.1, -0.05) is 0 Å². The van der Waals surface area contributed by atoms with Crippen molar-refractivity contribution in [2.75, 3.05) is 13.3 Å². The highest BCUT2D eigenvalue weighted by Crippen LogP contribution is 2.09. The number of carbonyl (C=O) groups excluding carboxylic acids is 3. The average Bonchev–Trinajstić information content (AvgIpc) is 2.54. The highest BCUT2D eigenvalue weighted by molar-refractivity contribution is 5.85. The number of ether oxygens (including phenoxy) is 1. The molecule has 0 saturated carbocycles. The summed E-state index contributed by atoms with van der Waals surface area (Å²) in [5, 5.41) is 22.4. The molecule has 156 valence electrons. The molecule has 3 atom stereocenters. The summed E-state index contributed by atoms with van der Waals surface area (Å²) < 4.78 is 4.83. The molecule has 0 saturated heterocycles. The third-order valence-corrected chi connectivity index (χ3v) is 3.70. The third kappa shape index (κ3) is 11.1. The van der Waals surface area contributed by atoms with Gasteiger partial charge < -0.3 is 42.8 Å². The van der Waals surface area contributed by atoms with Crippen LogP contribution >= 0.6 is 0 Å². The Hall–Kier alpha value is -2.28. The molecule has 0 spiro atoms. The molecule has 0 aromatic heterocycles. The number of aliphatic hydroxyl groups is 1. The molecule has 3 amide bonds. The highest BCUT2D eigenvalue weighted by atomic mass is 16.6. The van der Waals surface area contributed by atoms with Crippen LogP contribution in [0, 0.1) is 0 Å². The Kier molecular flexibility index (Phi) is 11.1. The number of aliphatic carboxylic acids is 1. The number of carbonyl (C=O) groups is 4. The minimum Gasteiger partial charge on any atom is -0.480 e. The SMILES string of the molecule is CC(N)(CCCCNC(=O)CC(NC(=O)CC(N)C(=O)O)OCO)C(N)=O. The van der Waals surface area contributed by atoms with Crippen LogP contribution in [-0.4, -0.2) is 65.1 Å². The molecule has 0 bridgehead atoms. The second-order valence-electron chi connectivity index (χ2n) is 6.29. The third-order valence-electron chi connectivity index (χ3n) is 3.70. The molecule has 3 unspecified atom stereocenters. The number of amides is 3. The summed E-state index contributed by atoms with van der Waals surface area (Å²) in [6.07, 6.45) is -0.433. The number of rotatable bonds is 14. The average molecular weight is 391 g/mol. The summed E-state index contributed by atoms with van der Waals surface area (Å²) in [6.45, 7) is 1.09. The van der Waals surface area contributed by atoms with Crippen molar-refractivity contribution >= 4 is 23.7 Å². The standard InChI is InChI=1S/C15H29N5O7/c1-15(18,14(17)26)4-2-3-5-19-10(22)7-12(27-8-21)20-11(23)6-9(16)13(24)25/h9,12,21H,2-8,16,18H2,1H3,(H2,17,26)(H,19,22)(H,20,23)(H,24,25). The van der Waals surface area contributed by atoms with E-state index in [0.717, 1.165) is 0 Å². The van der Waals surface area contributed by atoms with Gasteiger partial charge in [-0.25, -0.2) is 0 Å². The molecule has 0 aliphatic heterocycles. The quantitative estimate of drug-likeness (QED) is 0.119. The number of aliphatic hydroxyl groups excluding tert-OH is 1. The fraction of sp³-hybridized carbons (Fsp3) is 0.733. The Balaban J connectivity index is 4.23. The summed E-state index contributed by atoms with van der Waals surface area (Å²) in [5.41, 5.74) is 15.0. The molecule has 0 aliphatic carbocycles. The van der Waals surface area contributed by atoms with E-state index in [1.165, 1.54) is 6.92 Å². The first-order valence-electron chi connectivity index (χ1n) is 8.35. The van der Waals surface area contributed by atoms with Crippen LogP contribution in [0.3, 0.4) is 0 Å². The molecule has 27 heavy (non-hydrogen) atoms. The van der Waals surface area contributed by atoms with Crippen molar-refractivity contribution in [2.24, 2.45) is 17.2 Å². The molecular formula is C15H29N5O7. The zero-order valence-corrected chi connectivity index (χ0v) is 15.3. The van der Waals surface area contributed by atoms with E-state index in [1.54, 1.807) is 0 Å². The first kappa shape index (κ1) is 24.7. The number of nitrogens with one attached hydrogen (secondary N) is 2. The predicted molar refractivity (Wildman–Crippen MR) is 93.6 cm³/mol. The van der Waals surface area contributed by atoms with Gasteiger partial charge in [0, 0.05) is 6.54 Å². The minimum atomic E-state index is -1.39. The fourth-order valence-electron chi connectivity index (χ4n) is 1.98. The normalized spacial score (nSPS) is 15.3. The van der Waals surface area contributed by atoms with Gasteiger partial charge >= 0.3 is 5.97 Å². The fourth-order valence-corrected chi connectivity index (χ4v) is 1.98. The summed E-state index contributed by atoms with van der Waals surface area (Å²) in [5.74, 6) is -3.13. The lowest BCUT2D eigenvalue weighted by Crippen LogP contribution is -2.49. The van der Waals surface area contributed by atoms with Crippen LogP contribution in [0.25, 0.3) is 0 Å². The Morgan fingerprint density at radius 1 is 1.15 bits per heavy atom.